The molecule has 5 nitrogen and oxygen atoms in total. The molecular formula is C18H22N4OS. The summed E-state index contributed by atoms with van der Waals surface area (Å²) < 4.78 is 0. The van der Waals surface area contributed by atoms with E-state index in [4.69, 9.17) is 4.98 Å². The summed E-state index contributed by atoms with van der Waals surface area (Å²) in [6.07, 6.45) is 5.09. The Balaban J connectivity index is 1.46. The van der Waals surface area contributed by atoms with E-state index in [0.717, 1.165) is 37.7 Å². The first-order valence-electron chi connectivity index (χ1n) is 8.63. The van der Waals surface area contributed by atoms with Crippen molar-refractivity contribution in [1.29, 1.82) is 0 Å². The van der Waals surface area contributed by atoms with Gasteiger partial charge >= 0.3 is 0 Å². The largest absolute Gasteiger partial charge is 0.341 e. The highest BCUT2D eigenvalue weighted by molar-refractivity contribution is 7.09. The molecule has 1 fully saturated rings. The van der Waals surface area contributed by atoms with Crippen molar-refractivity contribution in [2.45, 2.75) is 32.7 Å². The lowest BCUT2D eigenvalue weighted by Crippen LogP contribution is -2.35. The molecule has 0 saturated carbocycles. The first-order valence-corrected chi connectivity index (χ1v) is 9.51. The molecule has 24 heavy (non-hydrogen) atoms. The normalized spacial score (nSPS) is 20.5. The molecule has 0 spiro atoms. The van der Waals surface area contributed by atoms with Gasteiger partial charge in [0.15, 0.2) is 0 Å². The van der Waals surface area contributed by atoms with Gasteiger partial charge in [-0.2, -0.15) is 0 Å². The summed E-state index contributed by atoms with van der Waals surface area (Å²) in [4.78, 5) is 27.2. The van der Waals surface area contributed by atoms with Crippen molar-refractivity contribution >= 4 is 23.2 Å². The molecule has 0 aromatic carbocycles. The molecule has 1 atom stereocenters. The quantitative estimate of drug-likeness (QED) is 0.857. The lowest BCUT2D eigenvalue weighted by atomic mass is 10.0. The molecule has 6 heteroatoms. The topological polar surface area (TPSA) is 49.3 Å². The molecule has 4 rings (SSSR count). The van der Waals surface area contributed by atoms with Gasteiger partial charge in [-0.25, -0.2) is 9.97 Å². The average molecular weight is 342 g/mol. The van der Waals surface area contributed by atoms with E-state index < -0.39 is 0 Å². The summed E-state index contributed by atoms with van der Waals surface area (Å²) >= 11 is 1.74. The molecule has 0 bridgehead atoms. The zero-order valence-corrected chi connectivity index (χ0v) is 14.8. The van der Waals surface area contributed by atoms with Crippen LogP contribution in [0.2, 0.25) is 0 Å². The predicted octanol–water partition coefficient (Wildman–Crippen LogP) is 2.97. The number of rotatable bonds is 4. The van der Waals surface area contributed by atoms with E-state index in [-0.39, 0.29) is 5.91 Å². The Hall–Kier alpha value is -1.95. The zero-order chi connectivity index (χ0) is 16.5. The number of hydrogen-bond acceptors (Lipinski definition) is 5. The van der Waals surface area contributed by atoms with Crippen molar-refractivity contribution in [2.75, 3.05) is 24.5 Å². The first-order chi connectivity index (χ1) is 11.7. The van der Waals surface area contributed by atoms with Crippen LogP contribution in [0.3, 0.4) is 0 Å². The Kier molecular flexibility index (Phi) is 4.22. The molecule has 2 aromatic heterocycles. The monoisotopic (exact) mass is 342 g/mol. The fourth-order valence-corrected chi connectivity index (χ4v) is 4.23. The average Bonchev–Trinajstić information content (AvgIpc) is 3.21. The number of hydrogen-bond donors (Lipinski definition) is 0. The van der Waals surface area contributed by atoms with Crippen LogP contribution in [-0.4, -0.2) is 40.4 Å². The summed E-state index contributed by atoms with van der Waals surface area (Å²) in [5.74, 6) is 1.54. The molecule has 0 N–H and O–H groups in total. The maximum Gasteiger partial charge on any atom is 0.257 e. The summed E-state index contributed by atoms with van der Waals surface area (Å²) in [6.45, 7) is 5.65. The number of fused-ring (bicyclic) bond motifs is 1. The molecule has 126 valence electrons. The van der Waals surface area contributed by atoms with Crippen molar-refractivity contribution in [3.63, 3.8) is 0 Å². The van der Waals surface area contributed by atoms with Crippen molar-refractivity contribution in [3.8, 4) is 0 Å². The molecule has 1 saturated heterocycles. The summed E-state index contributed by atoms with van der Waals surface area (Å²) in [7, 11) is 0. The summed E-state index contributed by atoms with van der Waals surface area (Å²) in [5.41, 5.74) is 1.56. The van der Waals surface area contributed by atoms with Crippen LogP contribution in [0, 0.1) is 5.92 Å². The number of piperidine rings is 1. The molecule has 2 aliphatic rings. The van der Waals surface area contributed by atoms with E-state index in [1.54, 1.807) is 17.5 Å². The maximum absolute atomic E-state index is 12.5. The van der Waals surface area contributed by atoms with Crippen LogP contribution >= 0.6 is 11.3 Å². The van der Waals surface area contributed by atoms with Gasteiger partial charge in [-0.15, -0.1) is 11.3 Å². The van der Waals surface area contributed by atoms with Crippen molar-refractivity contribution in [2.24, 2.45) is 5.92 Å². The van der Waals surface area contributed by atoms with Gasteiger partial charge in [0, 0.05) is 30.7 Å². The highest BCUT2D eigenvalue weighted by atomic mass is 32.1. The number of aromatic nitrogens is 2. The van der Waals surface area contributed by atoms with Gasteiger partial charge in [0.05, 0.1) is 17.8 Å². The molecule has 2 aliphatic heterocycles. The van der Waals surface area contributed by atoms with Gasteiger partial charge in [-0.3, -0.25) is 4.79 Å². The molecule has 0 radical (unpaired) electrons. The van der Waals surface area contributed by atoms with Gasteiger partial charge in [0.25, 0.3) is 5.91 Å². The molecular weight excluding hydrogens is 320 g/mol. The second kappa shape index (κ2) is 6.51. The van der Waals surface area contributed by atoms with Crippen LogP contribution in [0.15, 0.2) is 23.7 Å². The SMILES string of the molecule is C[C@@H]1CCCN(c2ncc3c(n2)CN(CCc2cccs2)C3=O)C1. The smallest absolute Gasteiger partial charge is 0.257 e. The predicted molar refractivity (Wildman–Crippen MR) is 95.4 cm³/mol. The Labute approximate surface area is 146 Å². The van der Waals surface area contributed by atoms with Crippen LogP contribution < -0.4 is 4.90 Å². The number of carbonyl (C=O) groups excluding carboxylic acids is 1. The number of carbonyl (C=O) groups is 1. The standard InChI is InChI=1S/C18H22N4OS/c1-13-4-2-7-22(11-13)18-19-10-15-16(20-18)12-21(17(15)23)8-6-14-5-3-9-24-14/h3,5,9-10,13H,2,4,6-8,11-12H2,1H3/t13-/m1/s1. The van der Waals surface area contributed by atoms with Crippen LogP contribution in [0.4, 0.5) is 5.95 Å². The third-order valence-electron chi connectivity index (χ3n) is 4.86. The van der Waals surface area contributed by atoms with E-state index in [9.17, 15) is 4.79 Å². The molecule has 1 amide bonds. The number of thiophene rings is 1. The highest BCUT2D eigenvalue weighted by Gasteiger charge is 2.30. The fourth-order valence-electron chi connectivity index (χ4n) is 3.53. The highest BCUT2D eigenvalue weighted by Crippen LogP contribution is 2.25. The maximum atomic E-state index is 12.5. The number of nitrogens with zero attached hydrogens (tertiary/aromatic N) is 4. The fraction of sp³-hybridized carbons (Fsp3) is 0.500. The molecule has 2 aromatic rings. The number of anilines is 1. The second-order valence-electron chi connectivity index (χ2n) is 6.78. The Morgan fingerprint density at radius 3 is 3.12 bits per heavy atom. The van der Waals surface area contributed by atoms with Crippen LogP contribution in [0.25, 0.3) is 0 Å². The molecule has 4 heterocycles. The van der Waals surface area contributed by atoms with Crippen LogP contribution in [-0.2, 0) is 13.0 Å². The van der Waals surface area contributed by atoms with E-state index in [0.29, 0.717) is 18.0 Å². The van der Waals surface area contributed by atoms with Crippen molar-refractivity contribution in [1.82, 2.24) is 14.9 Å². The van der Waals surface area contributed by atoms with E-state index in [2.05, 4.69) is 34.3 Å². The lowest BCUT2D eigenvalue weighted by Gasteiger charge is -2.30. The third kappa shape index (κ3) is 3.02. The third-order valence-corrected chi connectivity index (χ3v) is 5.80. The molecule has 0 unspecified atom stereocenters. The minimum absolute atomic E-state index is 0.0696. The van der Waals surface area contributed by atoms with E-state index in [1.807, 2.05) is 4.90 Å². The first kappa shape index (κ1) is 15.6. The summed E-state index contributed by atoms with van der Waals surface area (Å²) in [6, 6.07) is 4.17. The van der Waals surface area contributed by atoms with E-state index >= 15 is 0 Å². The van der Waals surface area contributed by atoms with Gasteiger partial charge in [-0.05, 0) is 36.6 Å². The zero-order valence-electron chi connectivity index (χ0n) is 13.9. The van der Waals surface area contributed by atoms with Crippen molar-refractivity contribution in [3.05, 3.63) is 39.8 Å². The van der Waals surface area contributed by atoms with Crippen LogP contribution in [0.1, 0.15) is 40.7 Å². The number of amides is 1. The van der Waals surface area contributed by atoms with E-state index in [1.165, 1.54) is 17.7 Å². The lowest BCUT2D eigenvalue weighted by molar-refractivity contribution is 0.0780. The van der Waals surface area contributed by atoms with Crippen LogP contribution in [0.5, 0.6) is 0 Å². The van der Waals surface area contributed by atoms with Gasteiger partial charge in [-0.1, -0.05) is 13.0 Å². The minimum atomic E-state index is 0.0696. The Morgan fingerprint density at radius 1 is 1.42 bits per heavy atom. The second-order valence-corrected chi connectivity index (χ2v) is 7.81. The van der Waals surface area contributed by atoms with Gasteiger partial charge in [0.1, 0.15) is 0 Å². The Bertz CT molecular complexity index is 731. The molecule has 0 aliphatic carbocycles. The minimum Gasteiger partial charge on any atom is -0.341 e. The van der Waals surface area contributed by atoms with Gasteiger partial charge < -0.3 is 9.80 Å². The summed E-state index contributed by atoms with van der Waals surface area (Å²) in [5, 5.41) is 2.08. The Morgan fingerprint density at radius 2 is 2.33 bits per heavy atom. The van der Waals surface area contributed by atoms with Gasteiger partial charge in [0.2, 0.25) is 5.95 Å². The van der Waals surface area contributed by atoms with Crippen molar-refractivity contribution < 1.29 is 4.79 Å².